The first-order chi connectivity index (χ1) is 18.3. The maximum atomic E-state index is 14.1. The third kappa shape index (κ3) is 7.61. The SMILES string of the molecule is CCC(C(=O)NC(C)(C)C)N(Cc1ccccc1C)C(=O)CN(c1ccccc1Cl)S(=O)(=O)c1ccccc1. The van der Waals surface area contributed by atoms with Gasteiger partial charge >= 0.3 is 0 Å². The average molecular weight is 570 g/mol. The molecule has 0 radical (unpaired) electrons. The van der Waals surface area contributed by atoms with Crippen molar-refractivity contribution in [3.8, 4) is 0 Å². The number of anilines is 1. The van der Waals surface area contributed by atoms with Crippen molar-refractivity contribution in [2.24, 2.45) is 0 Å². The summed E-state index contributed by atoms with van der Waals surface area (Å²) in [5, 5.41) is 3.16. The fourth-order valence-corrected chi connectivity index (χ4v) is 5.97. The molecule has 3 aromatic carbocycles. The number of nitrogens with one attached hydrogen (secondary N) is 1. The van der Waals surface area contributed by atoms with Crippen LogP contribution >= 0.6 is 11.6 Å². The van der Waals surface area contributed by atoms with Gasteiger partial charge in [0.25, 0.3) is 10.0 Å². The average Bonchev–Trinajstić information content (AvgIpc) is 2.88. The van der Waals surface area contributed by atoms with Crippen LogP contribution in [0.3, 0.4) is 0 Å². The third-order valence-corrected chi connectivity index (χ3v) is 8.31. The highest BCUT2D eigenvalue weighted by molar-refractivity contribution is 7.92. The molecule has 3 aromatic rings. The van der Waals surface area contributed by atoms with Crippen molar-refractivity contribution >= 4 is 39.1 Å². The van der Waals surface area contributed by atoms with E-state index in [2.05, 4.69) is 5.32 Å². The summed E-state index contributed by atoms with van der Waals surface area (Å²) in [5.41, 5.74) is 1.49. The number of amides is 2. The van der Waals surface area contributed by atoms with Crippen LogP contribution in [0.25, 0.3) is 0 Å². The van der Waals surface area contributed by atoms with Gasteiger partial charge in [-0.3, -0.25) is 13.9 Å². The van der Waals surface area contributed by atoms with Gasteiger partial charge in [0.15, 0.2) is 0 Å². The first kappa shape index (κ1) is 30.2. The molecule has 1 N–H and O–H groups in total. The summed E-state index contributed by atoms with van der Waals surface area (Å²) in [4.78, 5) is 29.0. The second-order valence-electron chi connectivity index (χ2n) is 10.4. The van der Waals surface area contributed by atoms with E-state index in [-0.39, 0.29) is 28.1 Å². The molecule has 0 aliphatic heterocycles. The summed E-state index contributed by atoms with van der Waals surface area (Å²) in [6, 6.07) is 21.2. The molecule has 1 atom stereocenters. The van der Waals surface area contributed by atoms with Crippen LogP contribution < -0.4 is 9.62 Å². The Balaban J connectivity index is 2.09. The van der Waals surface area contributed by atoms with Crippen molar-refractivity contribution in [1.82, 2.24) is 10.2 Å². The zero-order chi connectivity index (χ0) is 28.8. The number of hydrogen-bond donors (Lipinski definition) is 1. The van der Waals surface area contributed by atoms with Gasteiger partial charge in [0.2, 0.25) is 11.8 Å². The first-order valence-corrected chi connectivity index (χ1v) is 14.6. The van der Waals surface area contributed by atoms with Crippen molar-refractivity contribution in [3.63, 3.8) is 0 Å². The molecule has 0 aliphatic carbocycles. The summed E-state index contributed by atoms with van der Waals surface area (Å²) in [6.07, 6.45) is 0.344. The number of carbonyl (C=O) groups excluding carboxylic acids is 2. The van der Waals surface area contributed by atoms with Crippen LogP contribution in [-0.4, -0.2) is 43.3 Å². The van der Waals surface area contributed by atoms with Crippen LogP contribution in [0.15, 0.2) is 83.8 Å². The van der Waals surface area contributed by atoms with Crippen LogP contribution in [0.2, 0.25) is 5.02 Å². The minimum Gasteiger partial charge on any atom is -0.350 e. The Bertz CT molecular complexity index is 1400. The van der Waals surface area contributed by atoms with Gasteiger partial charge in [0.05, 0.1) is 15.6 Å². The number of rotatable bonds is 10. The van der Waals surface area contributed by atoms with E-state index >= 15 is 0 Å². The molecule has 0 fully saturated rings. The maximum absolute atomic E-state index is 14.1. The summed E-state index contributed by atoms with van der Waals surface area (Å²) in [7, 11) is -4.17. The lowest BCUT2D eigenvalue weighted by Crippen LogP contribution is -2.55. The van der Waals surface area contributed by atoms with E-state index in [1.54, 1.807) is 42.5 Å². The third-order valence-electron chi connectivity index (χ3n) is 6.22. The van der Waals surface area contributed by atoms with Crippen molar-refractivity contribution in [2.75, 3.05) is 10.8 Å². The quantitative estimate of drug-likeness (QED) is 0.346. The van der Waals surface area contributed by atoms with Crippen LogP contribution in [0.1, 0.15) is 45.2 Å². The Morgan fingerprint density at radius 3 is 2.10 bits per heavy atom. The van der Waals surface area contributed by atoms with Crippen LogP contribution in [0.4, 0.5) is 5.69 Å². The summed E-state index contributed by atoms with van der Waals surface area (Å²) >= 11 is 6.44. The first-order valence-electron chi connectivity index (χ1n) is 12.8. The largest absolute Gasteiger partial charge is 0.350 e. The Hall–Kier alpha value is -3.36. The molecule has 2 amide bonds. The predicted octanol–water partition coefficient (Wildman–Crippen LogP) is 5.57. The monoisotopic (exact) mass is 569 g/mol. The van der Waals surface area contributed by atoms with Crippen LogP contribution in [-0.2, 0) is 26.2 Å². The highest BCUT2D eigenvalue weighted by Gasteiger charge is 2.35. The molecule has 0 saturated carbocycles. The molecule has 9 heteroatoms. The van der Waals surface area contributed by atoms with Gasteiger partial charge in [0.1, 0.15) is 12.6 Å². The molecular formula is C30H36ClN3O4S. The molecule has 7 nitrogen and oxygen atoms in total. The van der Waals surface area contributed by atoms with E-state index in [1.165, 1.54) is 17.0 Å². The zero-order valence-corrected chi connectivity index (χ0v) is 24.6. The minimum absolute atomic E-state index is 0.0284. The number of sulfonamides is 1. The van der Waals surface area contributed by atoms with Gasteiger partial charge in [-0.05, 0) is 69.5 Å². The molecule has 0 spiro atoms. The van der Waals surface area contributed by atoms with E-state index in [4.69, 9.17) is 11.6 Å². The highest BCUT2D eigenvalue weighted by Crippen LogP contribution is 2.31. The second-order valence-corrected chi connectivity index (χ2v) is 12.7. The van der Waals surface area contributed by atoms with Crippen molar-refractivity contribution in [1.29, 1.82) is 0 Å². The van der Waals surface area contributed by atoms with E-state index in [1.807, 2.05) is 58.9 Å². The summed E-state index contributed by atoms with van der Waals surface area (Å²) < 4.78 is 28.7. The lowest BCUT2D eigenvalue weighted by molar-refractivity contribution is -0.141. The van der Waals surface area contributed by atoms with E-state index in [0.717, 1.165) is 15.4 Å². The topological polar surface area (TPSA) is 86.8 Å². The molecular weight excluding hydrogens is 534 g/mol. The lowest BCUT2D eigenvalue weighted by atomic mass is 10.0. The van der Waals surface area contributed by atoms with Gasteiger partial charge in [-0.15, -0.1) is 0 Å². The normalized spacial score (nSPS) is 12.5. The Morgan fingerprint density at radius 1 is 0.923 bits per heavy atom. The molecule has 0 aliphatic rings. The van der Waals surface area contributed by atoms with Crippen molar-refractivity contribution < 1.29 is 18.0 Å². The van der Waals surface area contributed by atoms with Crippen molar-refractivity contribution in [2.45, 2.75) is 64.1 Å². The number of aryl methyl sites for hydroxylation is 1. The zero-order valence-electron chi connectivity index (χ0n) is 23.0. The summed E-state index contributed by atoms with van der Waals surface area (Å²) in [6.45, 7) is 8.99. The molecule has 0 saturated heterocycles. The fraction of sp³-hybridized carbons (Fsp3) is 0.333. The molecule has 1 unspecified atom stereocenters. The molecule has 0 heterocycles. The molecule has 0 bridgehead atoms. The van der Waals surface area contributed by atoms with Gasteiger partial charge in [0, 0.05) is 12.1 Å². The highest BCUT2D eigenvalue weighted by atomic mass is 35.5. The maximum Gasteiger partial charge on any atom is 0.264 e. The molecule has 3 rings (SSSR count). The lowest BCUT2D eigenvalue weighted by Gasteiger charge is -2.35. The number of benzene rings is 3. The summed E-state index contributed by atoms with van der Waals surface area (Å²) in [5.74, 6) is -0.823. The molecule has 39 heavy (non-hydrogen) atoms. The van der Waals surface area contributed by atoms with E-state index in [9.17, 15) is 18.0 Å². The predicted molar refractivity (Wildman–Crippen MR) is 156 cm³/mol. The smallest absolute Gasteiger partial charge is 0.264 e. The standard InChI is InChI=1S/C30H36ClN3O4S/c1-6-26(29(36)32-30(3,4)5)33(20-23-15-11-10-14-22(23)2)28(35)21-34(27-19-13-12-18-25(27)31)39(37,38)24-16-8-7-9-17-24/h7-19,26H,6,20-21H2,1-5H3,(H,32,36). The van der Waals surface area contributed by atoms with Gasteiger partial charge in [-0.1, -0.05) is 73.1 Å². The number of para-hydroxylation sites is 1. The Morgan fingerprint density at radius 2 is 1.51 bits per heavy atom. The Labute approximate surface area is 236 Å². The van der Waals surface area contributed by atoms with Gasteiger partial charge in [-0.2, -0.15) is 0 Å². The number of hydrogen-bond acceptors (Lipinski definition) is 4. The van der Waals surface area contributed by atoms with Gasteiger partial charge < -0.3 is 10.2 Å². The van der Waals surface area contributed by atoms with Crippen molar-refractivity contribution in [3.05, 3.63) is 95.0 Å². The number of nitrogens with zero attached hydrogens (tertiary/aromatic N) is 2. The minimum atomic E-state index is -4.17. The Kier molecular flexibility index (Phi) is 9.80. The fourth-order valence-electron chi connectivity index (χ4n) is 4.23. The number of halogens is 1. The van der Waals surface area contributed by atoms with Crippen LogP contribution in [0.5, 0.6) is 0 Å². The molecule has 0 aromatic heterocycles. The van der Waals surface area contributed by atoms with E-state index < -0.39 is 34.1 Å². The number of carbonyl (C=O) groups is 2. The molecule has 208 valence electrons. The second kappa shape index (κ2) is 12.7. The van der Waals surface area contributed by atoms with Gasteiger partial charge in [-0.25, -0.2) is 8.42 Å². The van der Waals surface area contributed by atoms with E-state index in [0.29, 0.717) is 6.42 Å². The van der Waals surface area contributed by atoms with Crippen LogP contribution in [0, 0.1) is 6.92 Å².